The number of nitrogens with one attached hydrogen (secondary N) is 1. The fourth-order valence-corrected chi connectivity index (χ4v) is 3.99. The van der Waals surface area contributed by atoms with E-state index in [-0.39, 0.29) is 5.57 Å². The number of halogens is 2. The zero-order chi connectivity index (χ0) is 25.2. The van der Waals surface area contributed by atoms with Crippen molar-refractivity contribution in [2.75, 3.05) is 13.7 Å². The summed E-state index contributed by atoms with van der Waals surface area (Å²) < 4.78 is 18.6. The summed E-state index contributed by atoms with van der Waals surface area (Å²) in [6, 6.07) is 20.7. The van der Waals surface area contributed by atoms with Crippen molar-refractivity contribution in [3.05, 3.63) is 91.9 Å². The Morgan fingerprint density at radius 1 is 1.03 bits per heavy atom. The van der Waals surface area contributed by atoms with Crippen molar-refractivity contribution in [2.45, 2.75) is 20.1 Å². The van der Waals surface area contributed by atoms with Crippen LogP contribution < -0.4 is 19.5 Å². The van der Waals surface area contributed by atoms with Crippen molar-refractivity contribution in [2.24, 2.45) is 0 Å². The molecule has 0 spiro atoms. The standard InChI is InChI=1S/C27H24Br2N2O4/c1-3-34-25-14-20(13-24(29)26(25)35-17-19-4-8-22(28)9-5-19)12-21(15-30)27(32)31-16-18-6-10-23(33-2)11-7-18/h4-14H,3,16-17H2,1-2H3,(H,31,32)/b21-12-. The van der Waals surface area contributed by atoms with E-state index in [1.807, 2.05) is 61.5 Å². The van der Waals surface area contributed by atoms with Crippen LogP contribution in [0.2, 0.25) is 0 Å². The van der Waals surface area contributed by atoms with Crippen molar-refractivity contribution in [3.8, 4) is 23.3 Å². The normalized spacial score (nSPS) is 10.9. The van der Waals surface area contributed by atoms with Gasteiger partial charge in [-0.05, 0) is 82.0 Å². The number of benzene rings is 3. The number of carbonyl (C=O) groups is 1. The summed E-state index contributed by atoms with van der Waals surface area (Å²) in [5.41, 5.74) is 2.51. The number of hydrogen-bond donors (Lipinski definition) is 1. The van der Waals surface area contributed by atoms with Crippen LogP contribution in [0.25, 0.3) is 6.08 Å². The molecule has 0 saturated heterocycles. The van der Waals surface area contributed by atoms with Crippen LogP contribution >= 0.6 is 31.9 Å². The lowest BCUT2D eigenvalue weighted by atomic mass is 10.1. The lowest BCUT2D eigenvalue weighted by Gasteiger charge is -2.15. The second-order valence-electron chi connectivity index (χ2n) is 7.38. The van der Waals surface area contributed by atoms with Crippen LogP contribution in [0, 0.1) is 11.3 Å². The van der Waals surface area contributed by atoms with Gasteiger partial charge in [-0.25, -0.2) is 0 Å². The van der Waals surface area contributed by atoms with Crippen molar-refractivity contribution in [3.63, 3.8) is 0 Å². The van der Waals surface area contributed by atoms with Gasteiger partial charge in [-0.3, -0.25) is 4.79 Å². The molecule has 35 heavy (non-hydrogen) atoms. The molecule has 0 aliphatic heterocycles. The minimum Gasteiger partial charge on any atom is -0.497 e. The molecule has 3 aromatic rings. The van der Waals surface area contributed by atoms with E-state index in [0.29, 0.717) is 41.3 Å². The van der Waals surface area contributed by atoms with Crippen LogP contribution in [0.5, 0.6) is 17.2 Å². The van der Waals surface area contributed by atoms with E-state index < -0.39 is 5.91 Å². The first-order chi connectivity index (χ1) is 16.9. The van der Waals surface area contributed by atoms with Gasteiger partial charge in [-0.15, -0.1) is 0 Å². The second-order valence-corrected chi connectivity index (χ2v) is 9.15. The minimum absolute atomic E-state index is 0.0172. The maximum atomic E-state index is 12.6. The van der Waals surface area contributed by atoms with Crippen molar-refractivity contribution >= 4 is 43.8 Å². The molecule has 3 rings (SSSR count). The number of rotatable bonds is 10. The zero-order valence-electron chi connectivity index (χ0n) is 19.3. The fraction of sp³-hybridized carbons (Fsp3) is 0.185. The summed E-state index contributed by atoms with van der Waals surface area (Å²) in [6.45, 7) is 2.96. The van der Waals surface area contributed by atoms with Crippen LogP contribution in [0.15, 0.2) is 75.2 Å². The molecule has 0 aliphatic carbocycles. The monoisotopic (exact) mass is 598 g/mol. The third-order valence-electron chi connectivity index (χ3n) is 4.92. The summed E-state index contributed by atoms with van der Waals surface area (Å²) >= 11 is 6.97. The first-order valence-electron chi connectivity index (χ1n) is 10.8. The van der Waals surface area contributed by atoms with Gasteiger partial charge in [0.1, 0.15) is 24.0 Å². The highest BCUT2D eigenvalue weighted by Gasteiger charge is 2.15. The lowest BCUT2D eigenvalue weighted by Crippen LogP contribution is -2.23. The van der Waals surface area contributed by atoms with Gasteiger partial charge in [0, 0.05) is 11.0 Å². The predicted molar refractivity (Wildman–Crippen MR) is 142 cm³/mol. The van der Waals surface area contributed by atoms with Crippen LogP contribution in [0.1, 0.15) is 23.6 Å². The number of nitrogens with zero attached hydrogens (tertiary/aromatic N) is 1. The molecule has 6 nitrogen and oxygen atoms in total. The molecule has 1 amide bonds. The Morgan fingerprint density at radius 2 is 1.71 bits per heavy atom. The number of amides is 1. The second kappa shape index (κ2) is 13.0. The number of nitriles is 1. The molecule has 0 bridgehead atoms. The first kappa shape index (κ1) is 26.3. The van der Waals surface area contributed by atoms with Crippen LogP contribution in [0.3, 0.4) is 0 Å². The average Bonchev–Trinajstić information content (AvgIpc) is 2.87. The summed E-state index contributed by atoms with van der Waals surface area (Å²) in [5, 5.41) is 12.4. The van der Waals surface area contributed by atoms with E-state index in [9.17, 15) is 10.1 Å². The van der Waals surface area contributed by atoms with Gasteiger partial charge in [0.15, 0.2) is 11.5 Å². The Kier molecular flexibility index (Phi) is 9.76. The fourth-order valence-electron chi connectivity index (χ4n) is 3.15. The SMILES string of the molecule is CCOc1cc(/C=C(/C#N)C(=O)NCc2ccc(OC)cc2)cc(Br)c1OCc1ccc(Br)cc1. The largest absolute Gasteiger partial charge is 0.497 e. The molecule has 0 heterocycles. The highest BCUT2D eigenvalue weighted by Crippen LogP contribution is 2.38. The number of hydrogen-bond acceptors (Lipinski definition) is 5. The molecule has 0 aliphatic rings. The summed E-state index contributed by atoms with van der Waals surface area (Å²) in [4.78, 5) is 12.6. The molecule has 0 unspecified atom stereocenters. The maximum absolute atomic E-state index is 12.6. The number of methoxy groups -OCH3 is 1. The molecule has 0 aromatic heterocycles. The highest BCUT2D eigenvalue weighted by atomic mass is 79.9. The van der Waals surface area contributed by atoms with Gasteiger partial charge < -0.3 is 19.5 Å². The van der Waals surface area contributed by atoms with Crippen molar-refractivity contribution < 1.29 is 19.0 Å². The van der Waals surface area contributed by atoms with Crippen molar-refractivity contribution in [1.82, 2.24) is 5.32 Å². The van der Waals surface area contributed by atoms with E-state index in [0.717, 1.165) is 21.3 Å². The van der Waals surface area contributed by atoms with Crippen molar-refractivity contribution in [1.29, 1.82) is 5.26 Å². The lowest BCUT2D eigenvalue weighted by molar-refractivity contribution is -0.117. The Hall–Kier alpha value is -3.28. The Balaban J connectivity index is 1.75. The third-order valence-corrected chi connectivity index (χ3v) is 6.03. The van der Waals surface area contributed by atoms with Crippen LogP contribution in [-0.2, 0) is 17.9 Å². The quantitative estimate of drug-likeness (QED) is 0.215. The van der Waals surface area contributed by atoms with Gasteiger partial charge in [0.2, 0.25) is 0 Å². The Labute approximate surface area is 221 Å². The molecule has 0 radical (unpaired) electrons. The zero-order valence-corrected chi connectivity index (χ0v) is 22.5. The van der Waals surface area contributed by atoms with Crippen LogP contribution in [0.4, 0.5) is 0 Å². The minimum atomic E-state index is -0.465. The Bertz CT molecular complexity index is 1230. The molecular weight excluding hydrogens is 576 g/mol. The van der Waals surface area contributed by atoms with E-state index in [2.05, 4.69) is 37.2 Å². The average molecular weight is 600 g/mol. The van der Waals surface area contributed by atoms with Gasteiger partial charge in [-0.1, -0.05) is 40.2 Å². The Morgan fingerprint density at radius 3 is 2.34 bits per heavy atom. The number of carbonyl (C=O) groups excluding carboxylic acids is 1. The topological polar surface area (TPSA) is 80.6 Å². The highest BCUT2D eigenvalue weighted by molar-refractivity contribution is 9.10. The van der Waals surface area contributed by atoms with Gasteiger partial charge >= 0.3 is 0 Å². The molecule has 1 N–H and O–H groups in total. The summed E-state index contributed by atoms with van der Waals surface area (Å²) in [7, 11) is 1.59. The molecule has 0 atom stereocenters. The summed E-state index contributed by atoms with van der Waals surface area (Å²) in [6.07, 6.45) is 1.52. The molecule has 0 fully saturated rings. The number of ether oxygens (including phenoxy) is 3. The van der Waals surface area contributed by atoms with Gasteiger partial charge in [0.05, 0.1) is 18.2 Å². The smallest absolute Gasteiger partial charge is 0.262 e. The predicted octanol–water partition coefficient (Wildman–Crippen LogP) is 6.42. The third kappa shape index (κ3) is 7.61. The van der Waals surface area contributed by atoms with E-state index in [1.54, 1.807) is 19.2 Å². The molecule has 8 heteroatoms. The maximum Gasteiger partial charge on any atom is 0.262 e. The first-order valence-corrected chi connectivity index (χ1v) is 12.4. The molecule has 3 aromatic carbocycles. The molecule has 180 valence electrons. The van der Waals surface area contributed by atoms with E-state index in [1.165, 1.54) is 6.08 Å². The van der Waals surface area contributed by atoms with Gasteiger partial charge in [-0.2, -0.15) is 5.26 Å². The van der Waals surface area contributed by atoms with E-state index in [4.69, 9.17) is 14.2 Å². The van der Waals surface area contributed by atoms with Crippen LogP contribution in [-0.4, -0.2) is 19.6 Å². The molecular formula is C27H24Br2N2O4. The molecule has 0 saturated carbocycles. The van der Waals surface area contributed by atoms with E-state index >= 15 is 0 Å². The summed E-state index contributed by atoms with van der Waals surface area (Å²) in [5.74, 6) is 1.33. The van der Waals surface area contributed by atoms with Gasteiger partial charge in [0.25, 0.3) is 5.91 Å².